The molecule has 8 heteroatoms. The van der Waals surface area contributed by atoms with Crippen LogP contribution in [-0.4, -0.2) is 9.97 Å². The number of nitrogens with one attached hydrogen (secondary N) is 1. The molecule has 2 aromatic rings. The fourth-order valence-electron chi connectivity index (χ4n) is 2.55. The van der Waals surface area contributed by atoms with Crippen LogP contribution in [0.15, 0.2) is 18.2 Å². The molecule has 0 atom stereocenters. The van der Waals surface area contributed by atoms with Crippen LogP contribution in [0, 0.1) is 0 Å². The van der Waals surface area contributed by atoms with E-state index >= 15 is 0 Å². The van der Waals surface area contributed by atoms with Gasteiger partial charge in [0.15, 0.2) is 0 Å². The summed E-state index contributed by atoms with van der Waals surface area (Å²) in [4.78, 5) is 8.49. The van der Waals surface area contributed by atoms with Gasteiger partial charge < -0.3 is 5.32 Å². The molecule has 1 aromatic heterocycles. The van der Waals surface area contributed by atoms with Crippen molar-refractivity contribution in [2.45, 2.75) is 31.9 Å². The van der Waals surface area contributed by atoms with Gasteiger partial charge in [0.25, 0.3) is 0 Å². The van der Waals surface area contributed by atoms with Crippen LogP contribution in [0.25, 0.3) is 0 Å². The quantitative estimate of drug-likeness (QED) is 0.725. The summed E-state index contributed by atoms with van der Waals surface area (Å²) in [5.74, 6) is 0.186. The first-order chi connectivity index (χ1) is 10.8. The highest BCUT2D eigenvalue weighted by molar-refractivity contribution is 6.31. The molecule has 0 saturated carbocycles. The molecule has 1 heterocycles. The zero-order chi connectivity index (χ0) is 16.6. The Kier molecular flexibility index (Phi) is 4.38. The summed E-state index contributed by atoms with van der Waals surface area (Å²) in [6.07, 6.45) is -0.856. The molecule has 122 valence electrons. The van der Waals surface area contributed by atoms with Crippen LogP contribution >= 0.6 is 23.2 Å². The van der Waals surface area contributed by atoms with Crippen molar-refractivity contribution in [1.29, 1.82) is 0 Å². The number of fused-ring (bicyclic) bond motifs is 1. The molecule has 1 aliphatic rings. The zero-order valence-corrected chi connectivity index (χ0v) is 13.4. The number of alkyl halides is 3. The number of nitrogens with zero attached hydrogens (tertiary/aromatic N) is 2. The average Bonchev–Trinajstić information content (AvgIpc) is 2.48. The van der Waals surface area contributed by atoms with Gasteiger partial charge in [-0.25, -0.2) is 9.97 Å². The van der Waals surface area contributed by atoms with E-state index in [-0.39, 0.29) is 16.7 Å². The van der Waals surface area contributed by atoms with Crippen LogP contribution in [0.2, 0.25) is 10.2 Å². The minimum absolute atomic E-state index is 0.186. The number of aromatic nitrogens is 2. The molecule has 23 heavy (non-hydrogen) atoms. The number of hydrogen-bond acceptors (Lipinski definition) is 3. The Hall–Kier alpha value is -1.53. The highest BCUT2D eigenvalue weighted by Crippen LogP contribution is 2.36. The Morgan fingerprint density at radius 3 is 2.52 bits per heavy atom. The second kappa shape index (κ2) is 6.17. The van der Waals surface area contributed by atoms with Gasteiger partial charge in [0, 0.05) is 11.3 Å². The first-order valence-corrected chi connectivity index (χ1v) is 7.79. The van der Waals surface area contributed by atoms with Crippen LogP contribution in [0.4, 0.5) is 24.8 Å². The predicted molar refractivity (Wildman–Crippen MR) is 83.4 cm³/mol. The van der Waals surface area contributed by atoms with E-state index in [4.69, 9.17) is 23.2 Å². The van der Waals surface area contributed by atoms with Gasteiger partial charge in [-0.3, -0.25) is 0 Å². The molecule has 1 N–H and O–H groups in total. The monoisotopic (exact) mass is 361 g/mol. The molecule has 1 aliphatic carbocycles. The normalized spacial score (nSPS) is 14.5. The number of anilines is 2. The molecule has 3 rings (SSSR count). The number of halogens is 5. The van der Waals surface area contributed by atoms with E-state index < -0.39 is 11.7 Å². The summed E-state index contributed by atoms with van der Waals surface area (Å²) < 4.78 is 38.7. The smallest absolute Gasteiger partial charge is 0.324 e. The molecule has 0 radical (unpaired) electrons. The van der Waals surface area contributed by atoms with Gasteiger partial charge in [-0.05, 0) is 43.9 Å². The highest BCUT2D eigenvalue weighted by atomic mass is 35.5. The number of benzene rings is 1. The first kappa shape index (κ1) is 16.3. The molecule has 1 aromatic carbocycles. The minimum Gasteiger partial charge on any atom is -0.324 e. The summed E-state index contributed by atoms with van der Waals surface area (Å²) in [5.41, 5.74) is 1.07. The summed E-state index contributed by atoms with van der Waals surface area (Å²) in [7, 11) is 0. The van der Waals surface area contributed by atoms with Gasteiger partial charge in [0.2, 0.25) is 5.95 Å². The Labute approximate surface area is 140 Å². The summed E-state index contributed by atoms with van der Waals surface area (Å²) in [6.45, 7) is 0. The number of rotatable bonds is 2. The van der Waals surface area contributed by atoms with E-state index in [1.54, 1.807) is 0 Å². The molecular formula is C15H12Cl2F3N3. The summed E-state index contributed by atoms with van der Waals surface area (Å²) >= 11 is 11.8. The third kappa shape index (κ3) is 3.53. The van der Waals surface area contributed by atoms with Gasteiger partial charge in [0.05, 0.1) is 16.3 Å². The van der Waals surface area contributed by atoms with E-state index in [1.165, 1.54) is 12.1 Å². The van der Waals surface area contributed by atoms with Crippen molar-refractivity contribution in [2.24, 2.45) is 0 Å². The molecule has 0 fully saturated rings. The number of aryl methyl sites for hydroxylation is 1. The van der Waals surface area contributed by atoms with E-state index in [1.807, 2.05) is 0 Å². The van der Waals surface area contributed by atoms with E-state index in [9.17, 15) is 13.2 Å². The molecule has 0 amide bonds. The Bertz CT molecular complexity index is 747. The maximum Gasteiger partial charge on any atom is 0.417 e. The molecule has 3 nitrogen and oxygen atoms in total. The van der Waals surface area contributed by atoms with Gasteiger partial charge in [-0.1, -0.05) is 23.2 Å². The van der Waals surface area contributed by atoms with Gasteiger partial charge in [0.1, 0.15) is 5.15 Å². The van der Waals surface area contributed by atoms with Crippen molar-refractivity contribution in [3.05, 3.63) is 45.2 Å². The Balaban J connectivity index is 1.92. The standard InChI is InChI=1S/C15H12Cl2F3N3/c16-11-6-5-8(7-10(11)15(18,19)20)21-14-22-12-4-2-1-3-9(12)13(17)23-14/h5-7H,1-4H2,(H,21,22,23). The Morgan fingerprint density at radius 2 is 1.78 bits per heavy atom. The fraction of sp³-hybridized carbons (Fsp3) is 0.333. The largest absolute Gasteiger partial charge is 0.417 e. The summed E-state index contributed by atoms with van der Waals surface area (Å²) in [6, 6.07) is 3.56. The topological polar surface area (TPSA) is 37.8 Å². The third-order valence-electron chi connectivity index (χ3n) is 3.66. The lowest BCUT2D eigenvalue weighted by Crippen LogP contribution is -2.11. The summed E-state index contributed by atoms with van der Waals surface area (Å²) in [5, 5.41) is 2.76. The predicted octanol–water partition coefficient (Wildman–Crippen LogP) is 5.42. The third-order valence-corrected chi connectivity index (χ3v) is 4.30. The maximum absolute atomic E-state index is 12.9. The lowest BCUT2D eigenvalue weighted by Gasteiger charge is -2.17. The average molecular weight is 362 g/mol. The maximum atomic E-state index is 12.9. The van der Waals surface area contributed by atoms with Crippen molar-refractivity contribution >= 4 is 34.8 Å². The van der Waals surface area contributed by atoms with Gasteiger partial charge >= 0.3 is 6.18 Å². The lowest BCUT2D eigenvalue weighted by atomic mass is 9.97. The van der Waals surface area contributed by atoms with E-state index in [0.29, 0.717) is 5.15 Å². The van der Waals surface area contributed by atoms with E-state index in [2.05, 4.69) is 15.3 Å². The Morgan fingerprint density at radius 1 is 1.04 bits per heavy atom. The van der Waals surface area contributed by atoms with Crippen LogP contribution in [0.1, 0.15) is 29.7 Å². The second-order valence-electron chi connectivity index (χ2n) is 5.29. The second-order valence-corrected chi connectivity index (χ2v) is 6.05. The van der Waals surface area contributed by atoms with Crippen LogP contribution in [0.5, 0.6) is 0 Å². The highest BCUT2D eigenvalue weighted by Gasteiger charge is 2.33. The molecule has 0 saturated heterocycles. The molecule has 0 aliphatic heterocycles. The van der Waals surface area contributed by atoms with Crippen molar-refractivity contribution in [3.63, 3.8) is 0 Å². The molecule has 0 unspecified atom stereocenters. The molecular weight excluding hydrogens is 350 g/mol. The van der Waals surface area contributed by atoms with Crippen LogP contribution in [-0.2, 0) is 19.0 Å². The lowest BCUT2D eigenvalue weighted by molar-refractivity contribution is -0.137. The number of hydrogen-bond donors (Lipinski definition) is 1. The molecule has 0 spiro atoms. The van der Waals surface area contributed by atoms with Gasteiger partial charge in [-0.2, -0.15) is 13.2 Å². The van der Waals surface area contributed by atoms with Crippen molar-refractivity contribution in [2.75, 3.05) is 5.32 Å². The zero-order valence-electron chi connectivity index (χ0n) is 11.8. The fourth-order valence-corrected chi connectivity index (χ4v) is 3.06. The SMILES string of the molecule is FC(F)(F)c1cc(Nc2nc(Cl)c3c(n2)CCCC3)ccc1Cl. The van der Waals surface area contributed by atoms with Crippen LogP contribution in [0.3, 0.4) is 0 Å². The first-order valence-electron chi connectivity index (χ1n) is 7.03. The minimum atomic E-state index is -4.52. The van der Waals surface area contributed by atoms with Crippen molar-refractivity contribution < 1.29 is 13.2 Å². The van der Waals surface area contributed by atoms with Gasteiger partial charge in [-0.15, -0.1) is 0 Å². The molecule has 0 bridgehead atoms. The van der Waals surface area contributed by atoms with E-state index in [0.717, 1.165) is 43.0 Å². The van der Waals surface area contributed by atoms with Crippen molar-refractivity contribution in [3.8, 4) is 0 Å². The van der Waals surface area contributed by atoms with Crippen LogP contribution < -0.4 is 5.32 Å². The van der Waals surface area contributed by atoms with Crippen molar-refractivity contribution in [1.82, 2.24) is 9.97 Å².